The molecule has 1 unspecified atom stereocenters. The number of rotatable bonds is 11. The Morgan fingerprint density at radius 3 is 2.32 bits per heavy atom. The molecule has 0 amide bonds. The summed E-state index contributed by atoms with van der Waals surface area (Å²) in [5.74, 6) is -2.40. The lowest BCUT2D eigenvalue weighted by molar-refractivity contribution is -0.149. The standard InChI is InChI=1S/C20H31FO4/c1-4-7-8-11-18(22)25-17-12-13-20(19(23)24,14-16(17)21)15(9-5-2)10-6-3/h12-13,15H,4-11,14H2,1-3H3,(H,23,24). The van der Waals surface area contributed by atoms with Gasteiger partial charge >= 0.3 is 11.9 Å². The van der Waals surface area contributed by atoms with Crippen LogP contribution in [-0.2, 0) is 14.3 Å². The normalized spacial score (nSPS) is 20.2. The van der Waals surface area contributed by atoms with E-state index in [1.54, 1.807) is 0 Å². The van der Waals surface area contributed by atoms with E-state index in [9.17, 15) is 19.1 Å². The third-order valence-corrected chi connectivity index (χ3v) is 4.86. The van der Waals surface area contributed by atoms with Crippen molar-refractivity contribution in [3.8, 4) is 0 Å². The molecule has 0 aromatic carbocycles. The lowest BCUT2D eigenvalue weighted by Crippen LogP contribution is -2.39. The summed E-state index contributed by atoms with van der Waals surface area (Å²) < 4.78 is 19.7. The predicted molar refractivity (Wildman–Crippen MR) is 95.5 cm³/mol. The summed E-state index contributed by atoms with van der Waals surface area (Å²) in [5.41, 5.74) is -1.26. The molecule has 0 aliphatic heterocycles. The number of ether oxygens (including phenoxy) is 1. The molecule has 0 fully saturated rings. The molecule has 0 heterocycles. The quantitative estimate of drug-likeness (QED) is 0.391. The molecule has 4 nitrogen and oxygen atoms in total. The van der Waals surface area contributed by atoms with Gasteiger partial charge in [-0.3, -0.25) is 9.59 Å². The Morgan fingerprint density at radius 1 is 1.20 bits per heavy atom. The van der Waals surface area contributed by atoms with E-state index in [-0.39, 0.29) is 24.5 Å². The average Bonchev–Trinajstić information content (AvgIpc) is 2.56. The van der Waals surface area contributed by atoms with Crippen LogP contribution in [0.25, 0.3) is 0 Å². The second-order valence-corrected chi connectivity index (χ2v) is 6.83. The highest BCUT2D eigenvalue weighted by Crippen LogP contribution is 2.45. The zero-order chi connectivity index (χ0) is 18.9. The fourth-order valence-electron chi connectivity index (χ4n) is 3.46. The Balaban J connectivity index is 2.90. The average molecular weight is 354 g/mol. The van der Waals surface area contributed by atoms with Gasteiger partial charge in [0.25, 0.3) is 0 Å². The first-order valence-corrected chi connectivity index (χ1v) is 9.43. The molecule has 1 rings (SSSR count). The molecule has 1 atom stereocenters. The Kier molecular flexibility index (Phi) is 8.87. The number of unbranched alkanes of at least 4 members (excludes halogenated alkanes) is 2. The van der Waals surface area contributed by atoms with Crippen molar-refractivity contribution >= 4 is 11.9 Å². The first-order chi connectivity index (χ1) is 11.9. The summed E-state index contributed by atoms with van der Waals surface area (Å²) in [6.45, 7) is 6.03. The zero-order valence-corrected chi connectivity index (χ0v) is 15.6. The summed E-state index contributed by atoms with van der Waals surface area (Å²) >= 11 is 0. The molecule has 1 aliphatic rings. The van der Waals surface area contributed by atoms with E-state index in [0.29, 0.717) is 6.42 Å². The number of carbonyl (C=O) groups excluding carboxylic acids is 1. The van der Waals surface area contributed by atoms with Crippen molar-refractivity contribution in [2.24, 2.45) is 11.3 Å². The van der Waals surface area contributed by atoms with E-state index in [0.717, 1.165) is 38.5 Å². The SMILES string of the molecule is CCCCCC(=O)OC1=C(F)CC(C(=O)O)(C(CCC)CCC)C=C1. The van der Waals surface area contributed by atoms with E-state index in [1.165, 1.54) is 12.2 Å². The maximum atomic E-state index is 14.6. The number of carboxylic acids is 1. The van der Waals surface area contributed by atoms with Gasteiger partial charge in [-0.1, -0.05) is 52.5 Å². The van der Waals surface area contributed by atoms with Gasteiger partial charge in [0, 0.05) is 12.8 Å². The van der Waals surface area contributed by atoms with Gasteiger partial charge in [0.15, 0.2) is 5.76 Å². The maximum absolute atomic E-state index is 14.6. The summed E-state index contributed by atoms with van der Waals surface area (Å²) in [5, 5.41) is 9.79. The van der Waals surface area contributed by atoms with Crippen LogP contribution in [-0.4, -0.2) is 17.0 Å². The molecule has 1 aliphatic carbocycles. The second kappa shape index (κ2) is 10.4. The maximum Gasteiger partial charge on any atom is 0.314 e. The topological polar surface area (TPSA) is 63.6 Å². The number of aliphatic carboxylic acids is 1. The Hall–Kier alpha value is -1.65. The van der Waals surface area contributed by atoms with E-state index in [4.69, 9.17) is 4.74 Å². The second-order valence-electron chi connectivity index (χ2n) is 6.83. The third kappa shape index (κ3) is 5.68. The number of allylic oxidation sites excluding steroid dienone is 2. The minimum absolute atomic E-state index is 0.134. The molecule has 0 radical (unpaired) electrons. The lowest BCUT2D eigenvalue weighted by Gasteiger charge is -2.36. The van der Waals surface area contributed by atoms with Crippen molar-refractivity contribution < 1.29 is 23.8 Å². The first kappa shape index (κ1) is 21.4. The van der Waals surface area contributed by atoms with Crippen LogP contribution < -0.4 is 0 Å². The van der Waals surface area contributed by atoms with Crippen molar-refractivity contribution in [1.29, 1.82) is 0 Å². The van der Waals surface area contributed by atoms with Crippen molar-refractivity contribution in [2.75, 3.05) is 0 Å². The molecule has 25 heavy (non-hydrogen) atoms. The van der Waals surface area contributed by atoms with Crippen LogP contribution in [0.5, 0.6) is 0 Å². The molecular formula is C20H31FO4. The van der Waals surface area contributed by atoms with Crippen molar-refractivity contribution in [3.63, 3.8) is 0 Å². The van der Waals surface area contributed by atoms with E-state index in [1.807, 2.05) is 20.8 Å². The fourth-order valence-corrected chi connectivity index (χ4v) is 3.46. The van der Waals surface area contributed by atoms with Crippen molar-refractivity contribution in [3.05, 3.63) is 23.7 Å². The minimum Gasteiger partial charge on any atom is -0.481 e. The molecule has 1 N–H and O–H groups in total. The van der Waals surface area contributed by atoms with Crippen LogP contribution in [0, 0.1) is 11.3 Å². The number of carboxylic acid groups (broad SMARTS) is 1. The monoisotopic (exact) mass is 354 g/mol. The Morgan fingerprint density at radius 2 is 1.84 bits per heavy atom. The van der Waals surface area contributed by atoms with Gasteiger partial charge in [-0.25, -0.2) is 4.39 Å². The van der Waals surface area contributed by atoms with Crippen molar-refractivity contribution in [2.45, 2.75) is 78.6 Å². The van der Waals surface area contributed by atoms with Crippen LogP contribution in [0.15, 0.2) is 23.7 Å². The molecular weight excluding hydrogens is 323 g/mol. The van der Waals surface area contributed by atoms with E-state index in [2.05, 4.69) is 0 Å². The van der Waals surface area contributed by atoms with Gasteiger partial charge in [0.1, 0.15) is 5.83 Å². The van der Waals surface area contributed by atoms with Gasteiger partial charge in [-0.2, -0.15) is 0 Å². The van der Waals surface area contributed by atoms with Gasteiger partial charge in [0.05, 0.1) is 5.41 Å². The number of esters is 1. The van der Waals surface area contributed by atoms with Gasteiger partial charge < -0.3 is 9.84 Å². The predicted octanol–water partition coefficient (Wildman–Crippen LogP) is 5.54. The van der Waals surface area contributed by atoms with Gasteiger partial charge in [0.2, 0.25) is 0 Å². The number of hydrogen-bond donors (Lipinski definition) is 1. The highest BCUT2D eigenvalue weighted by Gasteiger charge is 2.46. The van der Waals surface area contributed by atoms with E-state index >= 15 is 0 Å². The highest BCUT2D eigenvalue weighted by molar-refractivity contribution is 5.79. The lowest BCUT2D eigenvalue weighted by atomic mass is 9.67. The molecule has 0 aromatic rings. The molecule has 0 spiro atoms. The summed E-state index contributed by atoms with van der Waals surface area (Å²) in [6, 6.07) is 0. The summed E-state index contributed by atoms with van der Waals surface area (Å²) in [7, 11) is 0. The largest absolute Gasteiger partial charge is 0.481 e. The van der Waals surface area contributed by atoms with E-state index < -0.39 is 23.2 Å². The Bertz CT molecular complexity index is 518. The smallest absolute Gasteiger partial charge is 0.314 e. The first-order valence-electron chi connectivity index (χ1n) is 9.43. The van der Waals surface area contributed by atoms with Crippen molar-refractivity contribution in [1.82, 2.24) is 0 Å². The number of halogens is 1. The molecule has 0 saturated heterocycles. The van der Waals surface area contributed by atoms with Crippen LogP contribution >= 0.6 is 0 Å². The van der Waals surface area contributed by atoms with Crippen LogP contribution in [0.1, 0.15) is 78.6 Å². The zero-order valence-electron chi connectivity index (χ0n) is 15.6. The molecule has 5 heteroatoms. The Labute approximate surface area is 150 Å². The number of hydrogen-bond acceptors (Lipinski definition) is 3. The molecule has 142 valence electrons. The van der Waals surface area contributed by atoms with Gasteiger partial charge in [-0.05, 0) is 31.3 Å². The summed E-state index contributed by atoms with van der Waals surface area (Å²) in [4.78, 5) is 23.8. The summed E-state index contributed by atoms with van der Waals surface area (Å²) in [6.07, 6.45) is 8.63. The van der Waals surface area contributed by atoms with Crippen LogP contribution in [0.2, 0.25) is 0 Å². The minimum atomic E-state index is -1.26. The highest BCUT2D eigenvalue weighted by atomic mass is 19.1. The molecule has 0 bridgehead atoms. The van der Waals surface area contributed by atoms with Crippen LogP contribution in [0.3, 0.4) is 0 Å². The molecule has 0 saturated carbocycles. The van der Waals surface area contributed by atoms with Gasteiger partial charge in [-0.15, -0.1) is 0 Å². The molecule has 0 aromatic heterocycles. The fraction of sp³-hybridized carbons (Fsp3) is 0.700. The third-order valence-electron chi connectivity index (χ3n) is 4.86. The number of carbonyl (C=O) groups is 2. The van der Waals surface area contributed by atoms with Crippen LogP contribution in [0.4, 0.5) is 4.39 Å².